The Bertz CT molecular complexity index is 1270. The van der Waals surface area contributed by atoms with Gasteiger partial charge >= 0.3 is 0 Å². The van der Waals surface area contributed by atoms with E-state index in [0.29, 0.717) is 46.2 Å². The number of rotatable bonds is 10. The van der Waals surface area contributed by atoms with E-state index in [-0.39, 0.29) is 17.5 Å². The zero-order valence-corrected chi connectivity index (χ0v) is 23.8. The molecule has 6 heteroatoms. The molecule has 0 heterocycles. The van der Waals surface area contributed by atoms with Crippen LogP contribution in [0.1, 0.15) is 48.2 Å². The number of carbonyl (C=O) groups excluding carboxylic acids is 2. The molecule has 3 aromatic rings. The molecule has 0 atom stereocenters. The minimum atomic E-state index is -0.353. The molecule has 3 aromatic carbocycles. The standard InChI is InChI=1S/C33H33Cl2NO3/c1-3-36(4-2)17-18-39-31-15-9-25(10-16-31)32(37)28-21-26(19-23-5-11-29(34)12-6-23)33(38)27(22-28)20-24-7-13-30(35)14-8-24/h5-16,19-20,28H,3-4,17-18,21-22H2,1-2H3/b26-19+,27-20+. The molecular weight excluding hydrogens is 529 g/mol. The van der Waals surface area contributed by atoms with Crippen LogP contribution in [-0.2, 0) is 4.79 Å². The number of allylic oxidation sites excluding steroid dienone is 2. The summed E-state index contributed by atoms with van der Waals surface area (Å²) in [6.45, 7) is 7.69. The van der Waals surface area contributed by atoms with Gasteiger partial charge in [-0.3, -0.25) is 9.59 Å². The normalized spacial score (nSPS) is 17.7. The number of halogens is 2. The third kappa shape index (κ3) is 7.92. The van der Waals surface area contributed by atoms with Gasteiger partial charge in [-0.05, 0) is 97.7 Å². The largest absolute Gasteiger partial charge is 0.492 e. The molecule has 0 radical (unpaired) electrons. The average Bonchev–Trinajstić information content (AvgIpc) is 2.95. The number of ketones is 2. The Labute approximate surface area is 240 Å². The maximum Gasteiger partial charge on any atom is 0.185 e. The first kappa shape index (κ1) is 28.8. The molecular formula is C33H33Cl2NO3. The Hall–Kier alpha value is -3.18. The van der Waals surface area contributed by atoms with Gasteiger partial charge < -0.3 is 9.64 Å². The number of hydrogen-bond acceptors (Lipinski definition) is 4. The maximum absolute atomic E-state index is 13.6. The topological polar surface area (TPSA) is 46.6 Å². The lowest BCUT2D eigenvalue weighted by molar-refractivity contribution is -0.113. The molecule has 1 saturated carbocycles. The molecule has 39 heavy (non-hydrogen) atoms. The predicted molar refractivity (Wildman–Crippen MR) is 161 cm³/mol. The molecule has 202 valence electrons. The van der Waals surface area contributed by atoms with Crippen LogP contribution in [0.15, 0.2) is 83.9 Å². The lowest BCUT2D eigenvalue weighted by Crippen LogP contribution is -2.28. The van der Waals surface area contributed by atoms with Crippen molar-refractivity contribution in [3.8, 4) is 5.75 Å². The van der Waals surface area contributed by atoms with Crippen LogP contribution < -0.4 is 4.74 Å². The Kier molecular flexibility index (Phi) is 10.2. The van der Waals surface area contributed by atoms with Gasteiger partial charge in [0.1, 0.15) is 12.4 Å². The van der Waals surface area contributed by atoms with Crippen molar-refractivity contribution in [1.29, 1.82) is 0 Å². The van der Waals surface area contributed by atoms with Gasteiger partial charge in [-0.2, -0.15) is 0 Å². The van der Waals surface area contributed by atoms with Gasteiger partial charge in [0.25, 0.3) is 0 Å². The smallest absolute Gasteiger partial charge is 0.185 e. The number of carbonyl (C=O) groups is 2. The predicted octanol–water partition coefficient (Wildman–Crippen LogP) is 8.04. The van der Waals surface area contributed by atoms with Crippen LogP contribution in [0.2, 0.25) is 10.0 Å². The lowest BCUT2D eigenvalue weighted by Gasteiger charge is -2.25. The minimum absolute atomic E-state index is 0.0150. The van der Waals surface area contributed by atoms with Crippen molar-refractivity contribution in [2.24, 2.45) is 5.92 Å². The third-order valence-electron chi connectivity index (χ3n) is 7.02. The molecule has 4 nitrogen and oxygen atoms in total. The van der Waals surface area contributed by atoms with E-state index in [0.717, 1.165) is 36.5 Å². The SMILES string of the molecule is CCN(CC)CCOc1ccc(C(=O)C2C/C(=C\c3ccc(Cl)cc3)C(=O)/C(=C/c3ccc(Cl)cc3)C2)cc1. The Morgan fingerprint density at radius 3 is 1.77 bits per heavy atom. The van der Waals surface area contributed by atoms with Gasteiger partial charge in [-0.15, -0.1) is 0 Å². The number of hydrogen-bond donors (Lipinski definition) is 0. The fourth-order valence-corrected chi connectivity index (χ4v) is 4.98. The molecule has 1 aliphatic carbocycles. The summed E-state index contributed by atoms with van der Waals surface area (Å²) in [4.78, 5) is 29.4. The first-order valence-corrected chi connectivity index (χ1v) is 14.1. The Morgan fingerprint density at radius 1 is 0.821 bits per heavy atom. The highest BCUT2D eigenvalue weighted by Gasteiger charge is 2.32. The first-order valence-electron chi connectivity index (χ1n) is 13.3. The summed E-state index contributed by atoms with van der Waals surface area (Å²) in [5, 5.41) is 1.26. The van der Waals surface area contributed by atoms with E-state index in [1.807, 2.05) is 60.7 Å². The highest BCUT2D eigenvalue weighted by atomic mass is 35.5. The van der Waals surface area contributed by atoms with Gasteiger partial charge in [0, 0.05) is 39.2 Å². The molecule has 0 unspecified atom stereocenters. The van der Waals surface area contributed by atoms with Crippen molar-refractivity contribution in [2.45, 2.75) is 26.7 Å². The second-order valence-corrected chi connectivity index (χ2v) is 10.5. The zero-order chi connectivity index (χ0) is 27.8. The van der Waals surface area contributed by atoms with Crippen LogP contribution in [0.3, 0.4) is 0 Å². The van der Waals surface area contributed by atoms with Crippen LogP contribution >= 0.6 is 23.2 Å². The number of benzene rings is 3. The number of nitrogens with zero attached hydrogens (tertiary/aromatic N) is 1. The second kappa shape index (κ2) is 13.7. The lowest BCUT2D eigenvalue weighted by atomic mass is 9.76. The molecule has 0 spiro atoms. The van der Waals surface area contributed by atoms with E-state index in [1.165, 1.54) is 0 Å². The van der Waals surface area contributed by atoms with Crippen molar-refractivity contribution >= 4 is 46.9 Å². The highest BCUT2D eigenvalue weighted by molar-refractivity contribution is 6.31. The third-order valence-corrected chi connectivity index (χ3v) is 7.52. The number of Topliss-reactive ketones (excluding diaryl/α,β-unsaturated/α-hetero) is 2. The highest BCUT2D eigenvalue weighted by Crippen LogP contribution is 2.35. The van der Waals surface area contributed by atoms with E-state index < -0.39 is 0 Å². The van der Waals surface area contributed by atoms with Crippen LogP contribution in [0, 0.1) is 5.92 Å². The summed E-state index contributed by atoms with van der Waals surface area (Å²) in [7, 11) is 0. The fraction of sp³-hybridized carbons (Fsp3) is 0.273. The Balaban J connectivity index is 1.55. The summed E-state index contributed by atoms with van der Waals surface area (Å²) in [6.07, 6.45) is 4.47. The van der Waals surface area contributed by atoms with E-state index in [4.69, 9.17) is 27.9 Å². The quantitative estimate of drug-likeness (QED) is 0.185. The molecule has 4 rings (SSSR count). The first-order chi connectivity index (χ1) is 18.9. The number of ether oxygens (including phenoxy) is 1. The van der Waals surface area contributed by atoms with E-state index >= 15 is 0 Å². The van der Waals surface area contributed by atoms with Gasteiger partial charge in [0.05, 0.1) is 0 Å². The molecule has 1 fully saturated rings. The monoisotopic (exact) mass is 561 g/mol. The van der Waals surface area contributed by atoms with E-state index in [2.05, 4.69) is 18.7 Å². The average molecular weight is 563 g/mol. The molecule has 1 aliphatic rings. The molecule has 0 amide bonds. The van der Waals surface area contributed by atoms with Crippen molar-refractivity contribution in [3.63, 3.8) is 0 Å². The summed E-state index contributed by atoms with van der Waals surface area (Å²) in [5.74, 6) is 0.362. The molecule has 0 saturated heterocycles. The molecule has 0 aliphatic heterocycles. The zero-order valence-electron chi connectivity index (χ0n) is 22.3. The fourth-order valence-electron chi connectivity index (χ4n) is 4.73. The summed E-state index contributed by atoms with van der Waals surface area (Å²) < 4.78 is 5.88. The van der Waals surface area contributed by atoms with Gasteiger partial charge in [0.2, 0.25) is 0 Å². The van der Waals surface area contributed by atoms with Gasteiger partial charge in [-0.1, -0.05) is 61.3 Å². The van der Waals surface area contributed by atoms with Crippen LogP contribution in [0.4, 0.5) is 0 Å². The van der Waals surface area contributed by atoms with Crippen molar-refractivity contribution in [3.05, 3.63) is 111 Å². The van der Waals surface area contributed by atoms with Gasteiger partial charge in [0.15, 0.2) is 11.6 Å². The summed E-state index contributed by atoms with van der Waals surface area (Å²) >= 11 is 12.1. The Morgan fingerprint density at radius 2 is 1.31 bits per heavy atom. The van der Waals surface area contributed by atoms with Crippen molar-refractivity contribution in [2.75, 3.05) is 26.2 Å². The van der Waals surface area contributed by atoms with Crippen LogP contribution in [-0.4, -0.2) is 42.7 Å². The van der Waals surface area contributed by atoms with E-state index in [1.54, 1.807) is 24.3 Å². The second-order valence-electron chi connectivity index (χ2n) is 9.64. The summed E-state index contributed by atoms with van der Waals surface area (Å²) in [5.41, 5.74) is 3.57. The van der Waals surface area contributed by atoms with Crippen molar-refractivity contribution in [1.82, 2.24) is 4.90 Å². The van der Waals surface area contributed by atoms with Crippen LogP contribution in [0.25, 0.3) is 12.2 Å². The van der Waals surface area contributed by atoms with Crippen molar-refractivity contribution < 1.29 is 14.3 Å². The summed E-state index contributed by atoms with van der Waals surface area (Å²) in [6, 6.07) is 22.0. The van der Waals surface area contributed by atoms with Gasteiger partial charge in [-0.25, -0.2) is 0 Å². The molecule has 0 aromatic heterocycles. The maximum atomic E-state index is 13.6. The van der Waals surface area contributed by atoms with E-state index in [9.17, 15) is 9.59 Å². The molecule has 0 bridgehead atoms. The number of likely N-dealkylation sites (N-methyl/N-ethyl adjacent to an activating group) is 1. The molecule has 0 N–H and O–H groups in total. The van der Waals surface area contributed by atoms with Crippen LogP contribution in [0.5, 0.6) is 5.75 Å². The minimum Gasteiger partial charge on any atom is -0.492 e.